The first-order chi connectivity index (χ1) is 13.6. The molecule has 0 aromatic heterocycles. The molecule has 2 fully saturated rings. The molecule has 2 aliphatic rings. The van der Waals surface area contributed by atoms with Crippen molar-refractivity contribution >= 4 is 11.6 Å². The lowest BCUT2D eigenvalue weighted by molar-refractivity contribution is -0.384. The van der Waals surface area contributed by atoms with Crippen molar-refractivity contribution in [2.45, 2.75) is 51.1 Å². The van der Waals surface area contributed by atoms with Crippen molar-refractivity contribution < 1.29 is 14.5 Å². The summed E-state index contributed by atoms with van der Waals surface area (Å²) in [5.74, 6) is 0.676. The van der Waals surface area contributed by atoms with Gasteiger partial charge in [-0.1, -0.05) is 25.0 Å². The Morgan fingerprint density at radius 1 is 1.11 bits per heavy atom. The van der Waals surface area contributed by atoms with Crippen LogP contribution in [0.15, 0.2) is 24.3 Å². The highest BCUT2D eigenvalue weighted by Gasteiger charge is 2.33. The molecule has 3 rings (SSSR count). The Balaban J connectivity index is 1.55. The van der Waals surface area contributed by atoms with Crippen molar-refractivity contribution in [1.82, 2.24) is 9.80 Å². The van der Waals surface area contributed by atoms with Crippen LogP contribution >= 0.6 is 0 Å². The minimum Gasteiger partial charge on any atom is -0.375 e. The van der Waals surface area contributed by atoms with Crippen LogP contribution in [0.1, 0.15) is 44.1 Å². The quantitative estimate of drug-likeness (QED) is 0.551. The smallest absolute Gasteiger partial charge is 0.269 e. The number of amides is 1. The second kappa shape index (κ2) is 9.98. The van der Waals surface area contributed by atoms with E-state index in [9.17, 15) is 14.9 Å². The van der Waals surface area contributed by atoms with Crippen molar-refractivity contribution in [3.63, 3.8) is 0 Å². The predicted molar refractivity (Wildman–Crippen MR) is 107 cm³/mol. The van der Waals surface area contributed by atoms with Gasteiger partial charge < -0.3 is 9.64 Å². The van der Waals surface area contributed by atoms with Gasteiger partial charge in [0, 0.05) is 38.4 Å². The summed E-state index contributed by atoms with van der Waals surface area (Å²) in [6.07, 6.45) is 6.77. The fourth-order valence-corrected chi connectivity index (χ4v) is 4.62. The summed E-state index contributed by atoms with van der Waals surface area (Å²) in [7, 11) is 1.58. The van der Waals surface area contributed by atoms with Crippen LogP contribution in [-0.2, 0) is 16.1 Å². The van der Waals surface area contributed by atoms with E-state index in [1.54, 1.807) is 19.2 Å². The van der Waals surface area contributed by atoms with E-state index in [2.05, 4.69) is 9.80 Å². The number of nitro benzene ring substituents is 1. The zero-order chi connectivity index (χ0) is 19.9. The molecule has 0 spiro atoms. The first-order valence-corrected chi connectivity index (χ1v) is 10.3. The molecule has 2 aliphatic heterocycles. The third-order valence-electron chi connectivity index (χ3n) is 6.12. The second-order valence-corrected chi connectivity index (χ2v) is 7.97. The van der Waals surface area contributed by atoms with Crippen LogP contribution in [0.3, 0.4) is 0 Å². The van der Waals surface area contributed by atoms with Gasteiger partial charge in [0.15, 0.2) is 0 Å². The highest BCUT2D eigenvalue weighted by atomic mass is 16.6. The molecule has 2 saturated heterocycles. The third kappa shape index (κ3) is 5.29. The molecule has 0 N–H and O–H groups in total. The van der Waals surface area contributed by atoms with Crippen LogP contribution < -0.4 is 0 Å². The lowest BCUT2D eigenvalue weighted by atomic mass is 9.86. The van der Waals surface area contributed by atoms with E-state index in [0.717, 1.165) is 57.4 Å². The number of ether oxygens (including phenoxy) is 1. The standard InChI is InChI=1S/C21H31N3O4/c1-28-16-21(25)23-12-4-2-3-5-20(23)18-10-13-22(14-11-18)15-17-6-8-19(9-7-17)24(26)27/h6-9,18,20H,2-5,10-16H2,1H3/t20-/m0/s1. The molecular formula is C21H31N3O4. The van der Waals surface area contributed by atoms with Gasteiger partial charge in [-0.2, -0.15) is 0 Å². The number of rotatable bonds is 6. The molecule has 0 radical (unpaired) electrons. The highest BCUT2D eigenvalue weighted by molar-refractivity contribution is 5.77. The summed E-state index contributed by atoms with van der Waals surface area (Å²) in [5.41, 5.74) is 1.24. The number of hydrogen-bond acceptors (Lipinski definition) is 5. The maximum absolute atomic E-state index is 12.5. The molecule has 7 nitrogen and oxygen atoms in total. The first kappa shape index (κ1) is 20.7. The molecule has 0 saturated carbocycles. The van der Waals surface area contributed by atoms with Gasteiger partial charge in [0.1, 0.15) is 6.61 Å². The number of nitrogens with zero attached hydrogens (tertiary/aromatic N) is 3. The molecule has 1 amide bonds. The van der Waals surface area contributed by atoms with Crippen LogP contribution in [0.5, 0.6) is 0 Å². The normalized spacial score (nSPS) is 22.0. The van der Waals surface area contributed by atoms with Gasteiger partial charge in [0.05, 0.1) is 4.92 Å². The fraction of sp³-hybridized carbons (Fsp3) is 0.667. The minimum absolute atomic E-state index is 0.128. The highest BCUT2D eigenvalue weighted by Crippen LogP contribution is 2.30. The van der Waals surface area contributed by atoms with Crippen LogP contribution in [0.2, 0.25) is 0 Å². The van der Waals surface area contributed by atoms with E-state index in [1.165, 1.54) is 12.8 Å². The van der Waals surface area contributed by atoms with Gasteiger partial charge in [-0.25, -0.2) is 0 Å². The van der Waals surface area contributed by atoms with Gasteiger partial charge in [-0.15, -0.1) is 0 Å². The summed E-state index contributed by atoms with van der Waals surface area (Å²) in [4.78, 5) is 27.5. The summed E-state index contributed by atoms with van der Waals surface area (Å²) < 4.78 is 5.10. The van der Waals surface area contributed by atoms with Gasteiger partial charge in [-0.3, -0.25) is 19.8 Å². The van der Waals surface area contributed by atoms with Gasteiger partial charge >= 0.3 is 0 Å². The topological polar surface area (TPSA) is 75.9 Å². The largest absolute Gasteiger partial charge is 0.375 e. The Hall–Kier alpha value is -1.99. The minimum atomic E-state index is -0.362. The number of carbonyl (C=O) groups excluding carboxylic acids is 1. The second-order valence-electron chi connectivity index (χ2n) is 7.97. The Labute approximate surface area is 166 Å². The Kier molecular flexibility index (Phi) is 7.39. The Bertz CT molecular complexity index is 656. The molecule has 1 atom stereocenters. The summed E-state index contributed by atoms with van der Waals surface area (Å²) in [5, 5.41) is 10.8. The molecule has 154 valence electrons. The summed E-state index contributed by atoms with van der Waals surface area (Å²) in [6, 6.07) is 7.19. The van der Waals surface area contributed by atoms with E-state index in [0.29, 0.717) is 12.0 Å². The number of methoxy groups -OCH3 is 1. The van der Waals surface area contributed by atoms with Crippen molar-refractivity contribution in [3.05, 3.63) is 39.9 Å². The van der Waals surface area contributed by atoms with Crippen molar-refractivity contribution in [3.8, 4) is 0 Å². The van der Waals surface area contributed by atoms with Crippen LogP contribution in [0, 0.1) is 16.0 Å². The van der Waals surface area contributed by atoms with Gasteiger partial charge in [0.2, 0.25) is 5.91 Å². The molecule has 28 heavy (non-hydrogen) atoms. The Morgan fingerprint density at radius 2 is 1.82 bits per heavy atom. The zero-order valence-electron chi connectivity index (χ0n) is 16.7. The van der Waals surface area contributed by atoms with Gasteiger partial charge in [0.25, 0.3) is 5.69 Å². The van der Waals surface area contributed by atoms with E-state index in [-0.39, 0.29) is 23.1 Å². The van der Waals surface area contributed by atoms with E-state index in [1.807, 2.05) is 12.1 Å². The summed E-state index contributed by atoms with van der Waals surface area (Å²) >= 11 is 0. The van der Waals surface area contributed by atoms with Crippen LogP contribution in [0.25, 0.3) is 0 Å². The number of piperidine rings is 1. The van der Waals surface area contributed by atoms with E-state index < -0.39 is 0 Å². The zero-order valence-corrected chi connectivity index (χ0v) is 16.7. The number of non-ortho nitro benzene ring substituents is 1. The maximum Gasteiger partial charge on any atom is 0.269 e. The SMILES string of the molecule is COCC(=O)N1CCCCC[C@H]1C1CCN(Cc2ccc([N+](=O)[O-])cc2)CC1. The molecule has 0 bridgehead atoms. The van der Waals surface area contributed by atoms with Crippen molar-refractivity contribution in [2.24, 2.45) is 5.92 Å². The molecule has 1 aromatic carbocycles. The first-order valence-electron chi connectivity index (χ1n) is 10.3. The maximum atomic E-state index is 12.5. The molecular weight excluding hydrogens is 358 g/mol. The average molecular weight is 389 g/mol. The molecule has 2 heterocycles. The number of likely N-dealkylation sites (tertiary alicyclic amines) is 2. The number of hydrogen-bond donors (Lipinski definition) is 0. The van der Waals surface area contributed by atoms with E-state index >= 15 is 0 Å². The number of carbonyl (C=O) groups is 1. The fourth-order valence-electron chi connectivity index (χ4n) is 4.62. The summed E-state index contributed by atoms with van der Waals surface area (Å²) in [6.45, 7) is 3.86. The number of nitro groups is 1. The third-order valence-corrected chi connectivity index (χ3v) is 6.12. The number of benzene rings is 1. The lowest BCUT2D eigenvalue weighted by Gasteiger charge is -2.40. The predicted octanol–water partition coefficient (Wildman–Crippen LogP) is 3.22. The van der Waals surface area contributed by atoms with E-state index in [4.69, 9.17) is 4.74 Å². The van der Waals surface area contributed by atoms with Crippen molar-refractivity contribution in [1.29, 1.82) is 0 Å². The van der Waals surface area contributed by atoms with Crippen LogP contribution in [-0.4, -0.2) is 60.0 Å². The Morgan fingerprint density at radius 3 is 2.46 bits per heavy atom. The molecule has 0 aliphatic carbocycles. The van der Waals surface area contributed by atoms with Gasteiger partial charge in [-0.05, 0) is 50.3 Å². The molecule has 7 heteroatoms. The molecule has 1 aromatic rings. The molecule has 0 unspecified atom stereocenters. The lowest BCUT2D eigenvalue weighted by Crippen LogP contribution is -2.48. The monoisotopic (exact) mass is 389 g/mol. The van der Waals surface area contributed by atoms with Crippen molar-refractivity contribution in [2.75, 3.05) is 33.4 Å². The van der Waals surface area contributed by atoms with Crippen LogP contribution in [0.4, 0.5) is 5.69 Å². The average Bonchev–Trinajstić information content (AvgIpc) is 2.95.